The molecule has 2 N–H and O–H groups in total. The Morgan fingerprint density at radius 2 is 2.08 bits per heavy atom. The van der Waals surface area contributed by atoms with Crippen LogP contribution < -0.4 is 5.32 Å². The van der Waals surface area contributed by atoms with Gasteiger partial charge in [0.1, 0.15) is 0 Å². The van der Waals surface area contributed by atoms with Gasteiger partial charge in [-0.3, -0.25) is 9.89 Å². The molecule has 0 atom stereocenters. The molecule has 1 heterocycles. The highest BCUT2D eigenvalue weighted by Gasteiger charge is 2.10. The van der Waals surface area contributed by atoms with Crippen LogP contribution in [0.1, 0.15) is 5.56 Å². The van der Waals surface area contributed by atoms with E-state index in [9.17, 15) is 4.79 Å². The molecule has 0 unspecified atom stereocenters. The average Bonchev–Trinajstić information content (AvgIpc) is 3.02. The topological polar surface area (TPSA) is 70.7 Å². The second-order valence-corrected chi connectivity index (χ2v) is 6.99. The second kappa shape index (κ2) is 7.63. The average molecular weight is 403 g/mol. The Labute approximate surface area is 152 Å². The lowest BCUT2D eigenvalue weighted by atomic mass is 10.1. The first-order valence-electron chi connectivity index (χ1n) is 7.28. The maximum Gasteiger partial charge on any atom is 0.234 e. The lowest BCUT2D eigenvalue weighted by Crippen LogP contribution is -2.14. The number of aromatic amines is 1. The predicted molar refractivity (Wildman–Crippen MR) is 100 cm³/mol. The van der Waals surface area contributed by atoms with Crippen LogP contribution in [-0.4, -0.2) is 26.8 Å². The van der Waals surface area contributed by atoms with Crippen molar-refractivity contribution >= 4 is 39.3 Å². The van der Waals surface area contributed by atoms with E-state index < -0.39 is 0 Å². The van der Waals surface area contributed by atoms with Crippen molar-refractivity contribution in [3.05, 3.63) is 58.6 Å². The van der Waals surface area contributed by atoms with Crippen LogP contribution in [0.5, 0.6) is 0 Å². The molecule has 3 aromatic rings. The summed E-state index contributed by atoms with van der Waals surface area (Å²) in [6, 6.07) is 15.4. The van der Waals surface area contributed by atoms with Gasteiger partial charge in [-0.15, -0.1) is 5.10 Å². The summed E-state index contributed by atoms with van der Waals surface area (Å²) in [4.78, 5) is 16.5. The zero-order valence-corrected chi connectivity index (χ0v) is 15.3. The summed E-state index contributed by atoms with van der Waals surface area (Å²) in [5.41, 5.74) is 2.89. The third-order valence-electron chi connectivity index (χ3n) is 3.31. The number of aryl methyl sites for hydroxylation is 1. The molecule has 1 aromatic heterocycles. The number of amides is 1. The molecule has 5 nitrogen and oxygen atoms in total. The number of hydrogen-bond acceptors (Lipinski definition) is 4. The second-order valence-electron chi connectivity index (χ2n) is 5.13. The number of nitrogens with one attached hydrogen (secondary N) is 2. The largest absolute Gasteiger partial charge is 0.325 e. The van der Waals surface area contributed by atoms with Crippen LogP contribution in [0.15, 0.2) is 58.2 Å². The van der Waals surface area contributed by atoms with Gasteiger partial charge in [0.05, 0.1) is 5.75 Å². The fraction of sp³-hybridized carbons (Fsp3) is 0.118. The Bertz CT molecular complexity index is 865. The minimum Gasteiger partial charge on any atom is -0.325 e. The normalized spacial score (nSPS) is 10.6. The summed E-state index contributed by atoms with van der Waals surface area (Å²) >= 11 is 4.67. The van der Waals surface area contributed by atoms with E-state index >= 15 is 0 Å². The number of nitrogens with zero attached hydrogens (tertiary/aromatic N) is 2. The van der Waals surface area contributed by atoms with E-state index in [1.807, 2.05) is 55.5 Å². The molecule has 0 aliphatic carbocycles. The lowest BCUT2D eigenvalue weighted by molar-refractivity contribution is -0.113. The number of hydrogen-bond donors (Lipinski definition) is 2. The number of halogens is 1. The van der Waals surface area contributed by atoms with Gasteiger partial charge in [0.15, 0.2) is 5.82 Å². The Morgan fingerprint density at radius 1 is 1.25 bits per heavy atom. The summed E-state index contributed by atoms with van der Waals surface area (Å²) in [5, 5.41) is 10.5. The molecule has 0 spiro atoms. The van der Waals surface area contributed by atoms with E-state index in [1.54, 1.807) is 0 Å². The van der Waals surface area contributed by atoms with Gasteiger partial charge in [-0.05, 0) is 30.7 Å². The number of H-pyrrole nitrogens is 1. The lowest BCUT2D eigenvalue weighted by Gasteiger charge is -2.04. The maximum absolute atomic E-state index is 12.0. The van der Waals surface area contributed by atoms with E-state index in [1.165, 1.54) is 11.8 Å². The zero-order chi connectivity index (χ0) is 16.9. The first kappa shape index (κ1) is 16.7. The molecule has 0 saturated heterocycles. The minimum absolute atomic E-state index is 0.0969. The molecular weight excluding hydrogens is 388 g/mol. The fourth-order valence-electron chi connectivity index (χ4n) is 2.16. The summed E-state index contributed by atoms with van der Waals surface area (Å²) in [5.74, 6) is 0.862. The fourth-order valence-corrected chi connectivity index (χ4v) is 3.16. The summed E-state index contributed by atoms with van der Waals surface area (Å²) in [6.45, 7) is 2.02. The SMILES string of the molecule is Cc1ccccc1-c1nc(SCC(=O)Nc2cccc(Br)c2)n[nH]1. The van der Waals surface area contributed by atoms with Crippen molar-refractivity contribution in [2.45, 2.75) is 12.1 Å². The van der Waals surface area contributed by atoms with Gasteiger partial charge in [-0.1, -0.05) is 58.0 Å². The predicted octanol–water partition coefficient (Wildman–Crippen LogP) is 4.27. The first-order valence-corrected chi connectivity index (χ1v) is 9.06. The number of benzene rings is 2. The monoisotopic (exact) mass is 402 g/mol. The number of anilines is 1. The quantitative estimate of drug-likeness (QED) is 0.624. The van der Waals surface area contributed by atoms with Crippen molar-refractivity contribution < 1.29 is 4.79 Å². The molecule has 122 valence electrons. The molecule has 0 saturated carbocycles. The third kappa shape index (κ3) is 4.24. The van der Waals surface area contributed by atoms with Crippen molar-refractivity contribution in [3.8, 4) is 11.4 Å². The Balaban J connectivity index is 1.59. The van der Waals surface area contributed by atoms with Gasteiger partial charge in [-0.2, -0.15) is 0 Å². The number of rotatable bonds is 5. The van der Waals surface area contributed by atoms with Crippen LogP contribution in [-0.2, 0) is 4.79 Å². The number of thioether (sulfide) groups is 1. The molecular formula is C17H15BrN4OS. The third-order valence-corrected chi connectivity index (χ3v) is 4.65. The number of aromatic nitrogens is 3. The summed E-state index contributed by atoms with van der Waals surface area (Å²) in [7, 11) is 0. The van der Waals surface area contributed by atoms with E-state index in [4.69, 9.17) is 0 Å². The highest BCUT2D eigenvalue weighted by atomic mass is 79.9. The zero-order valence-electron chi connectivity index (χ0n) is 12.9. The standard InChI is InChI=1S/C17H15BrN4OS/c1-11-5-2-3-8-14(11)16-20-17(22-21-16)24-10-15(23)19-13-7-4-6-12(18)9-13/h2-9H,10H2,1H3,(H,19,23)(H,20,21,22). The van der Waals surface area contributed by atoms with Gasteiger partial charge in [0.2, 0.25) is 11.1 Å². The van der Waals surface area contributed by atoms with Crippen molar-refractivity contribution in [2.24, 2.45) is 0 Å². The summed E-state index contributed by atoms with van der Waals surface area (Å²) in [6.07, 6.45) is 0. The van der Waals surface area contributed by atoms with Crippen molar-refractivity contribution in [2.75, 3.05) is 11.1 Å². The van der Waals surface area contributed by atoms with Gasteiger partial charge >= 0.3 is 0 Å². The molecule has 2 aromatic carbocycles. The van der Waals surface area contributed by atoms with E-state index in [0.717, 1.165) is 21.3 Å². The Morgan fingerprint density at radius 3 is 2.88 bits per heavy atom. The van der Waals surface area contributed by atoms with E-state index in [-0.39, 0.29) is 11.7 Å². The summed E-state index contributed by atoms with van der Waals surface area (Å²) < 4.78 is 0.921. The molecule has 24 heavy (non-hydrogen) atoms. The van der Waals surface area contributed by atoms with Gasteiger partial charge in [0, 0.05) is 15.7 Å². The molecule has 0 radical (unpaired) electrons. The van der Waals surface area contributed by atoms with Gasteiger partial charge in [-0.25, -0.2) is 4.98 Å². The van der Waals surface area contributed by atoms with Crippen LogP contribution in [0.25, 0.3) is 11.4 Å². The van der Waals surface area contributed by atoms with E-state index in [2.05, 4.69) is 36.4 Å². The van der Waals surface area contributed by atoms with Crippen LogP contribution >= 0.6 is 27.7 Å². The Hall–Kier alpha value is -2.12. The minimum atomic E-state index is -0.0969. The molecule has 7 heteroatoms. The van der Waals surface area contributed by atoms with Crippen LogP contribution in [0.4, 0.5) is 5.69 Å². The smallest absolute Gasteiger partial charge is 0.234 e. The van der Waals surface area contributed by atoms with Crippen molar-refractivity contribution in [1.29, 1.82) is 0 Å². The highest BCUT2D eigenvalue weighted by molar-refractivity contribution is 9.10. The molecule has 0 bridgehead atoms. The molecule has 1 amide bonds. The van der Waals surface area contributed by atoms with E-state index in [0.29, 0.717) is 11.0 Å². The van der Waals surface area contributed by atoms with Crippen molar-refractivity contribution in [1.82, 2.24) is 15.2 Å². The highest BCUT2D eigenvalue weighted by Crippen LogP contribution is 2.22. The Kier molecular flexibility index (Phi) is 5.32. The van der Waals surface area contributed by atoms with Crippen LogP contribution in [0, 0.1) is 6.92 Å². The molecule has 3 rings (SSSR count). The number of carbonyl (C=O) groups is 1. The molecule has 0 aliphatic heterocycles. The van der Waals surface area contributed by atoms with Crippen molar-refractivity contribution in [3.63, 3.8) is 0 Å². The van der Waals surface area contributed by atoms with Gasteiger partial charge < -0.3 is 5.32 Å². The molecule has 0 fully saturated rings. The number of carbonyl (C=O) groups excluding carboxylic acids is 1. The molecule has 0 aliphatic rings. The van der Waals surface area contributed by atoms with Crippen LogP contribution in [0.2, 0.25) is 0 Å². The van der Waals surface area contributed by atoms with Crippen LogP contribution in [0.3, 0.4) is 0 Å². The van der Waals surface area contributed by atoms with Gasteiger partial charge in [0.25, 0.3) is 0 Å². The maximum atomic E-state index is 12.0. The first-order chi connectivity index (χ1) is 11.6.